The third kappa shape index (κ3) is 5.52. The Morgan fingerprint density at radius 3 is 2.71 bits per heavy atom. The van der Waals surface area contributed by atoms with Crippen LogP contribution in [-0.4, -0.2) is 46.4 Å². The van der Waals surface area contributed by atoms with Gasteiger partial charge in [-0.15, -0.1) is 0 Å². The normalized spacial score (nSPS) is 20.9. The molecule has 0 radical (unpaired) electrons. The van der Waals surface area contributed by atoms with Crippen LogP contribution in [0.25, 0.3) is 10.8 Å². The molecule has 7 heteroatoms. The molecule has 34 heavy (non-hydrogen) atoms. The molecular weight excluding hydrogens is 426 g/mol. The number of carbonyl (C=O) groups excluding carboxylic acids is 2. The summed E-state index contributed by atoms with van der Waals surface area (Å²) in [7, 11) is 0. The second-order valence-corrected chi connectivity index (χ2v) is 10.0. The third-order valence-corrected chi connectivity index (χ3v) is 7.66. The van der Waals surface area contributed by atoms with Gasteiger partial charge in [-0.1, -0.05) is 51.7 Å². The summed E-state index contributed by atoms with van der Waals surface area (Å²) in [5.74, 6) is 0.760. The van der Waals surface area contributed by atoms with Gasteiger partial charge in [0.1, 0.15) is 11.9 Å². The molecule has 0 unspecified atom stereocenters. The molecule has 2 amide bonds. The molecule has 7 nitrogen and oxygen atoms in total. The van der Waals surface area contributed by atoms with Gasteiger partial charge < -0.3 is 21.3 Å². The van der Waals surface area contributed by atoms with Crippen LogP contribution < -0.4 is 16.4 Å². The largest absolute Gasteiger partial charge is 0.383 e. The van der Waals surface area contributed by atoms with E-state index in [2.05, 4.69) is 29.5 Å². The van der Waals surface area contributed by atoms with Crippen molar-refractivity contribution in [2.75, 3.05) is 12.3 Å². The predicted molar refractivity (Wildman–Crippen MR) is 136 cm³/mol. The topological polar surface area (TPSA) is 100 Å². The highest BCUT2D eigenvalue weighted by atomic mass is 16.2. The second-order valence-electron chi connectivity index (χ2n) is 10.0. The number of aromatic nitrogens is 1. The highest BCUT2D eigenvalue weighted by Gasteiger charge is 2.39. The van der Waals surface area contributed by atoms with Gasteiger partial charge in [-0.05, 0) is 54.7 Å². The van der Waals surface area contributed by atoms with E-state index >= 15 is 0 Å². The fraction of sp³-hybridized carbons (Fsp3) is 0.593. The lowest BCUT2D eigenvalue weighted by Gasteiger charge is -2.35. The van der Waals surface area contributed by atoms with Crippen molar-refractivity contribution in [1.29, 1.82) is 0 Å². The quantitative estimate of drug-likeness (QED) is 0.551. The van der Waals surface area contributed by atoms with E-state index in [-0.39, 0.29) is 23.8 Å². The van der Waals surface area contributed by atoms with E-state index in [1.807, 2.05) is 29.2 Å². The minimum absolute atomic E-state index is 0.0687. The van der Waals surface area contributed by atoms with Crippen LogP contribution in [0, 0.1) is 5.92 Å². The fourth-order valence-corrected chi connectivity index (χ4v) is 5.39. The molecule has 2 fully saturated rings. The van der Waals surface area contributed by atoms with Crippen LogP contribution in [0.2, 0.25) is 0 Å². The van der Waals surface area contributed by atoms with Gasteiger partial charge in [0.2, 0.25) is 11.8 Å². The molecule has 1 aromatic heterocycles. The number of pyridine rings is 1. The maximum Gasteiger partial charge on any atom is 0.243 e. The number of nitrogens with zero attached hydrogens (tertiary/aromatic N) is 2. The number of rotatable bonds is 8. The molecule has 4 N–H and O–H groups in total. The first kappa shape index (κ1) is 24.5. The molecule has 1 saturated carbocycles. The summed E-state index contributed by atoms with van der Waals surface area (Å²) in [4.78, 5) is 32.8. The van der Waals surface area contributed by atoms with Crippen molar-refractivity contribution < 1.29 is 9.59 Å². The number of hydrogen-bond donors (Lipinski definition) is 3. The number of nitrogens with one attached hydrogen (secondary N) is 2. The van der Waals surface area contributed by atoms with Crippen molar-refractivity contribution >= 4 is 28.4 Å². The highest BCUT2D eigenvalue weighted by molar-refractivity contribution is 5.92. The van der Waals surface area contributed by atoms with Crippen LogP contribution in [0.5, 0.6) is 0 Å². The highest BCUT2D eigenvalue weighted by Crippen LogP contribution is 2.25. The van der Waals surface area contributed by atoms with Crippen molar-refractivity contribution in [2.24, 2.45) is 5.92 Å². The van der Waals surface area contributed by atoms with Crippen molar-refractivity contribution in [3.63, 3.8) is 0 Å². The zero-order chi connectivity index (χ0) is 24.1. The van der Waals surface area contributed by atoms with Gasteiger partial charge in [-0.3, -0.25) is 9.59 Å². The van der Waals surface area contributed by atoms with Gasteiger partial charge >= 0.3 is 0 Å². The lowest BCUT2D eigenvalue weighted by atomic mass is 9.91. The van der Waals surface area contributed by atoms with E-state index in [4.69, 9.17) is 5.73 Å². The molecule has 1 aromatic carbocycles. The number of anilines is 1. The molecular formula is C27H39N5O2. The molecule has 2 aromatic rings. The Bertz CT molecular complexity index is 1000. The number of hydrogen-bond acceptors (Lipinski definition) is 5. The maximum absolute atomic E-state index is 13.7. The van der Waals surface area contributed by atoms with E-state index in [0.717, 1.165) is 42.0 Å². The van der Waals surface area contributed by atoms with Crippen LogP contribution in [-0.2, 0) is 16.1 Å². The Morgan fingerprint density at radius 2 is 1.94 bits per heavy atom. The zero-order valence-electron chi connectivity index (χ0n) is 20.6. The maximum atomic E-state index is 13.7. The Hall–Kier alpha value is -2.67. The number of carbonyl (C=O) groups is 2. The summed E-state index contributed by atoms with van der Waals surface area (Å²) in [6, 6.07) is 7.64. The third-order valence-electron chi connectivity index (χ3n) is 7.66. The first-order chi connectivity index (χ1) is 16.5. The molecule has 4 rings (SSSR count). The van der Waals surface area contributed by atoms with Gasteiger partial charge in [0.15, 0.2) is 0 Å². The van der Waals surface area contributed by atoms with E-state index < -0.39 is 6.04 Å². The summed E-state index contributed by atoms with van der Waals surface area (Å²) in [6.07, 6.45) is 10.2. The molecule has 0 spiro atoms. The molecule has 184 valence electrons. The van der Waals surface area contributed by atoms with E-state index in [0.29, 0.717) is 31.4 Å². The van der Waals surface area contributed by atoms with E-state index in [9.17, 15) is 9.59 Å². The molecule has 1 aliphatic carbocycles. The lowest BCUT2D eigenvalue weighted by molar-refractivity contribution is -0.141. The Morgan fingerprint density at radius 1 is 1.15 bits per heavy atom. The number of benzene rings is 1. The average Bonchev–Trinajstić information content (AvgIpc) is 3.36. The summed E-state index contributed by atoms with van der Waals surface area (Å²) >= 11 is 0. The summed E-state index contributed by atoms with van der Waals surface area (Å²) in [5.41, 5.74) is 6.94. The fourth-order valence-electron chi connectivity index (χ4n) is 5.39. The number of amides is 2. The van der Waals surface area contributed by atoms with Crippen LogP contribution in [0.1, 0.15) is 70.8 Å². The number of likely N-dealkylation sites (tertiary alicyclic amines) is 1. The molecule has 1 saturated heterocycles. The second kappa shape index (κ2) is 11.2. The Kier molecular flexibility index (Phi) is 8.03. The average molecular weight is 466 g/mol. The first-order valence-corrected chi connectivity index (χ1v) is 12.9. The monoisotopic (exact) mass is 465 g/mol. The van der Waals surface area contributed by atoms with Gasteiger partial charge in [-0.25, -0.2) is 4.98 Å². The zero-order valence-corrected chi connectivity index (χ0v) is 20.6. The van der Waals surface area contributed by atoms with Gasteiger partial charge in [-0.2, -0.15) is 0 Å². The van der Waals surface area contributed by atoms with Crippen molar-refractivity contribution in [3.05, 3.63) is 36.0 Å². The van der Waals surface area contributed by atoms with Crippen molar-refractivity contribution in [3.8, 4) is 0 Å². The molecule has 0 bridgehead atoms. The number of fused-ring (bicyclic) bond motifs is 1. The number of nitrogens with two attached hydrogens (primary N) is 1. The Labute approximate surface area is 202 Å². The standard InChI is InChI=1S/C27H39N5O2/c1-3-18(2)24(31-21-8-5-4-6-9-21)27(34)32-15-7-10-23(32)26(33)30-17-19-11-12-22-20(16-19)13-14-29-25(22)28/h11-14,16,18,21,23-24,31H,3-10,15,17H2,1-2H3,(H2,28,29)(H,30,33)/t18-,23+,24-/m1/s1. The number of nitrogen functional groups attached to an aromatic ring is 1. The van der Waals surface area contributed by atoms with Crippen LogP contribution in [0.4, 0.5) is 5.82 Å². The van der Waals surface area contributed by atoms with Crippen molar-refractivity contribution in [1.82, 2.24) is 20.5 Å². The summed E-state index contributed by atoms with van der Waals surface area (Å²) < 4.78 is 0. The van der Waals surface area contributed by atoms with Crippen LogP contribution in [0.3, 0.4) is 0 Å². The van der Waals surface area contributed by atoms with Crippen LogP contribution in [0.15, 0.2) is 30.5 Å². The summed E-state index contributed by atoms with van der Waals surface area (Å²) in [6.45, 7) is 5.35. The van der Waals surface area contributed by atoms with Gasteiger partial charge in [0.25, 0.3) is 0 Å². The molecule has 3 atom stereocenters. The van der Waals surface area contributed by atoms with E-state index in [1.54, 1.807) is 6.20 Å². The molecule has 1 aliphatic heterocycles. The van der Waals surface area contributed by atoms with E-state index in [1.165, 1.54) is 19.3 Å². The first-order valence-electron chi connectivity index (χ1n) is 12.9. The molecule has 2 aliphatic rings. The van der Waals surface area contributed by atoms with Crippen LogP contribution >= 0.6 is 0 Å². The minimum atomic E-state index is -0.396. The van der Waals surface area contributed by atoms with Gasteiger partial charge in [0, 0.05) is 30.7 Å². The lowest BCUT2D eigenvalue weighted by Crippen LogP contribution is -2.56. The Balaban J connectivity index is 1.40. The van der Waals surface area contributed by atoms with Crippen molar-refractivity contribution in [2.45, 2.75) is 89.9 Å². The SMILES string of the molecule is CC[C@@H](C)[C@@H](NC1CCCCC1)C(=O)N1CCC[C@H]1C(=O)NCc1ccc2c(N)nccc2c1. The summed E-state index contributed by atoms with van der Waals surface area (Å²) in [5, 5.41) is 8.66. The van der Waals surface area contributed by atoms with Gasteiger partial charge in [0.05, 0.1) is 6.04 Å². The smallest absolute Gasteiger partial charge is 0.243 e. The predicted octanol–water partition coefficient (Wildman–Crippen LogP) is 3.76. The minimum Gasteiger partial charge on any atom is -0.383 e. The molecule has 2 heterocycles.